The molecule has 2 aromatic carbocycles. The van der Waals surface area contributed by atoms with E-state index in [4.69, 9.17) is 5.73 Å². The standard InChI is InChI=1S/C10H9NS/c11-10-8-4-2-1-3-7(8)5-6-9(10)12/h1-6,12H,11H2. The van der Waals surface area contributed by atoms with Crippen LogP contribution < -0.4 is 5.73 Å². The van der Waals surface area contributed by atoms with Crippen LogP contribution in [0.3, 0.4) is 0 Å². The zero-order chi connectivity index (χ0) is 8.55. The maximum absolute atomic E-state index is 5.84. The second-order valence-corrected chi connectivity index (χ2v) is 3.20. The molecule has 0 aliphatic carbocycles. The lowest BCUT2D eigenvalue weighted by molar-refractivity contribution is 1.52. The quantitative estimate of drug-likeness (QED) is 0.467. The lowest BCUT2D eigenvalue weighted by atomic mass is 10.1. The van der Waals surface area contributed by atoms with Gasteiger partial charge in [0.2, 0.25) is 0 Å². The van der Waals surface area contributed by atoms with Gasteiger partial charge in [-0.3, -0.25) is 0 Å². The molecule has 2 N–H and O–H groups in total. The molecule has 0 saturated heterocycles. The van der Waals surface area contributed by atoms with E-state index in [9.17, 15) is 0 Å². The molecule has 0 radical (unpaired) electrons. The minimum absolute atomic E-state index is 0.761. The Labute approximate surface area is 76.6 Å². The number of thiol groups is 1. The molecule has 0 amide bonds. The maximum Gasteiger partial charge on any atom is 0.0529 e. The highest BCUT2D eigenvalue weighted by Crippen LogP contribution is 2.26. The third-order valence-electron chi connectivity index (χ3n) is 1.95. The molecule has 12 heavy (non-hydrogen) atoms. The van der Waals surface area contributed by atoms with E-state index < -0.39 is 0 Å². The minimum Gasteiger partial charge on any atom is -0.397 e. The highest BCUT2D eigenvalue weighted by Gasteiger charge is 1.98. The first kappa shape index (κ1) is 7.50. The molecule has 0 saturated carbocycles. The Bertz CT molecular complexity index is 423. The number of anilines is 1. The summed E-state index contributed by atoms with van der Waals surface area (Å²) < 4.78 is 0. The Hall–Kier alpha value is -1.15. The molecule has 0 aromatic heterocycles. The molecule has 0 aliphatic heterocycles. The first-order valence-corrected chi connectivity index (χ1v) is 4.20. The molecule has 0 atom stereocenters. The molecule has 2 rings (SSSR count). The Kier molecular flexibility index (Phi) is 1.70. The van der Waals surface area contributed by atoms with Gasteiger partial charge in [-0.15, -0.1) is 12.6 Å². The average molecular weight is 175 g/mol. The zero-order valence-electron chi connectivity index (χ0n) is 6.49. The van der Waals surface area contributed by atoms with Crippen LogP contribution in [0.15, 0.2) is 41.3 Å². The Balaban J connectivity index is 2.91. The molecule has 2 heteroatoms. The van der Waals surface area contributed by atoms with Crippen LogP contribution in [0.4, 0.5) is 5.69 Å². The van der Waals surface area contributed by atoms with Gasteiger partial charge in [-0.05, 0) is 11.5 Å². The van der Waals surface area contributed by atoms with Gasteiger partial charge in [0.1, 0.15) is 0 Å². The van der Waals surface area contributed by atoms with Crippen LogP contribution in [-0.2, 0) is 0 Å². The van der Waals surface area contributed by atoms with Crippen molar-refractivity contribution in [2.24, 2.45) is 0 Å². The van der Waals surface area contributed by atoms with Crippen LogP contribution in [-0.4, -0.2) is 0 Å². The number of rotatable bonds is 0. The van der Waals surface area contributed by atoms with Crippen molar-refractivity contribution in [2.75, 3.05) is 5.73 Å². The second-order valence-electron chi connectivity index (χ2n) is 2.72. The largest absolute Gasteiger partial charge is 0.397 e. The van der Waals surface area contributed by atoms with Crippen molar-refractivity contribution >= 4 is 29.1 Å². The summed E-state index contributed by atoms with van der Waals surface area (Å²) in [6.45, 7) is 0. The van der Waals surface area contributed by atoms with Gasteiger partial charge in [-0.2, -0.15) is 0 Å². The zero-order valence-corrected chi connectivity index (χ0v) is 7.38. The third kappa shape index (κ3) is 1.04. The SMILES string of the molecule is Nc1c(S)ccc2ccccc12. The molecular formula is C10H9NS. The summed E-state index contributed by atoms with van der Waals surface area (Å²) >= 11 is 4.25. The van der Waals surface area contributed by atoms with Gasteiger partial charge in [-0.1, -0.05) is 30.3 Å². The van der Waals surface area contributed by atoms with Gasteiger partial charge < -0.3 is 5.73 Å². The van der Waals surface area contributed by atoms with E-state index in [1.54, 1.807) is 0 Å². The van der Waals surface area contributed by atoms with E-state index in [1.165, 1.54) is 0 Å². The first-order valence-electron chi connectivity index (χ1n) is 3.75. The van der Waals surface area contributed by atoms with Crippen molar-refractivity contribution in [2.45, 2.75) is 4.90 Å². The van der Waals surface area contributed by atoms with E-state index in [0.29, 0.717) is 0 Å². The highest BCUT2D eigenvalue weighted by molar-refractivity contribution is 7.80. The van der Waals surface area contributed by atoms with Gasteiger partial charge in [-0.25, -0.2) is 0 Å². The van der Waals surface area contributed by atoms with Crippen molar-refractivity contribution in [1.82, 2.24) is 0 Å². The lowest BCUT2D eigenvalue weighted by Crippen LogP contribution is -1.88. The van der Waals surface area contributed by atoms with Gasteiger partial charge in [0.05, 0.1) is 5.69 Å². The van der Waals surface area contributed by atoms with Crippen LogP contribution in [0.5, 0.6) is 0 Å². The molecular weight excluding hydrogens is 166 g/mol. The van der Waals surface area contributed by atoms with E-state index in [2.05, 4.69) is 12.6 Å². The van der Waals surface area contributed by atoms with Crippen LogP contribution in [0.25, 0.3) is 10.8 Å². The smallest absolute Gasteiger partial charge is 0.0529 e. The van der Waals surface area contributed by atoms with Crippen molar-refractivity contribution in [3.05, 3.63) is 36.4 Å². The summed E-state index contributed by atoms with van der Waals surface area (Å²) in [7, 11) is 0. The molecule has 0 bridgehead atoms. The Morgan fingerprint density at radius 3 is 2.58 bits per heavy atom. The summed E-state index contributed by atoms with van der Waals surface area (Å²) in [5, 5.41) is 2.23. The van der Waals surface area contributed by atoms with Crippen molar-refractivity contribution in [3.63, 3.8) is 0 Å². The predicted molar refractivity (Wildman–Crippen MR) is 55.6 cm³/mol. The van der Waals surface area contributed by atoms with Crippen molar-refractivity contribution in [1.29, 1.82) is 0 Å². The topological polar surface area (TPSA) is 26.0 Å². The van der Waals surface area contributed by atoms with Gasteiger partial charge in [0.25, 0.3) is 0 Å². The molecule has 0 aliphatic rings. The lowest BCUT2D eigenvalue weighted by Gasteiger charge is -2.03. The predicted octanol–water partition coefficient (Wildman–Crippen LogP) is 2.71. The number of nitrogen functional groups attached to an aromatic ring is 1. The first-order chi connectivity index (χ1) is 5.79. The van der Waals surface area contributed by atoms with Crippen molar-refractivity contribution < 1.29 is 0 Å². The monoisotopic (exact) mass is 175 g/mol. The fourth-order valence-corrected chi connectivity index (χ4v) is 1.48. The van der Waals surface area contributed by atoms with Crippen LogP contribution in [0.2, 0.25) is 0 Å². The van der Waals surface area contributed by atoms with Crippen molar-refractivity contribution in [3.8, 4) is 0 Å². The second kappa shape index (κ2) is 2.72. The maximum atomic E-state index is 5.84. The van der Waals surface area contributed by atoms with E-state index in [1.807, 2.05) is 36.4 Å². The normalized spacial score (nSPS) is 10.4. The Morgan fingerprint density at radius 2 is 1.75 bits per heavy atom. The molecule has 2 aromatic rings. The van der Waals surface area contributed by atoms with E-state index in [-0.39, 0.29) is 0 Å². The summed E-state index contributed by atoms with van der Waals surface area (Å²) in [4.78, 5) is 0.841. The fraction of sp³-hybridized carbons (Fsp3) is 0. The third-order valence-corrected chi connectivity index (χ3v) is 2.34. The summed E-state index contributed by atoms with van der Waals surface area (Å²) in [5.41, 5.74) is 6.60. The highest BCUT2D eigenvalue weighted by atomic mass is 32.1. The summed E-state index contributed by atoms with van der Waals surface area (Å²) in [6.07, 6.45) is 0. The number of hydrogen-bond acceptors (Lipinski definition) is 2. The molecule has 0 heterocycles. The molecule has 60 valence electrons. The van der Waals surface area contributed by atoms with Crippen LogP contribution in [0, 0.1) is 0 Å². The summed E-state index contributed by atoms with van der Waals surface area (Å²) in [5.74, 6) is 0. The number of fused-ring (bicyclic) bond motifs is 1. The fourth-order valence-electron chi connectivity index (χ4n) is 1.28. The summed E-state index contributed by atoms with van der Waals surface area (Å²) in [6, 6.07) is 12.0. The molecule has 0 fully saturated rings. The van der Waals surface area contributed by atoms with E-state index in [0.717, 1.165) is 21.4 Å². The van der Waals surface area contributed by atoms with Gasteiger partial charge in [0.15, 0.2) is 0 Å². The number of nitrogens with two attached hydrogens (primary N) is 1. The Morgan fingerprint density at radius 1 is 1.00 bits per heavy atom. The average Bonchev–Trinajstić information content (AvgIpc) is 2.12. The van der Waals surface area contributed by atoms with E-state index >= 15 is 0 Å². The molecule has 0 unspecified atom stereocenters. The van der Waals surface area contributed by atoms with Crippen LogP contribution >= 0.6 is 12.6 Å². The van der Waals surface area contributed by atoms with Gasteiger partial charge in [0, 0.05) is 10.3 Å². The molecule has 1 nitrogen and oxygen atoms in total. The number of benzene rings is 2. The van der Waals surface area contributed by atoms with Gasteiger partial charge >= 0.3 is 0 Å². The van der Waals surface area contributed by atoms with Crippen LogP contribution in [0.1, 0.15) is 0 Å². The molecule has 0 spiro atoms. The number of hydrogen-bond donors (Lipinski definition) is 2. The minimum atomic E-state index is 0.761.